The molecule has 1 unspecified atom stereocenters. The summed E-state index contributed by atoms with van der Waals surface area (Å²) in [5.41, 5.74) is 5.21. The fourth-order valence-electron chi connectivity index (χ4n) is 4.21. The van der Waals surface area contributed by atoms with Crippen LogP contribution in [0.2, 0.25) is 0 Å². The Hall–Kier alpha value is -2.08. The SMILES string of the molecule is Cc1cc(C)cc(C[NH2+]Cc2ccc(OCC/C=C/B3OC(C)CC(C)(C)O3)cc2)c1. The van der Waals surface area contributed by atoms with Gasteiger partial charge in [0.2, 0.25) is 0 Å². The summed E-state index contributed by atoms with van der Waals surface area (Å²) in [5, 5.41) is 2.34. The number of nitrogens with two attached hydrogens (primary N) is 1. The molecule has 0 bridgehead atoms. The van der Waals surface area contributed by atoms with E-state index in [4.69, 9.17) is 14.0 Å². The minimum atomic E-state index is -0.266. The minimum absolute atomic E-state index is 0.138. The lowest BCUT2D eigenvalue weighted by atomic mass is 9.82. The summed E-state index contributed by atoms with van der Waals surface area (Å²) in [6.45, 7) is 13.2. The third-order valence-corrected chi connectivity index (χ3v) is 5.39. The predicted molar refractivity (Wildman–Crippen MR) is 127 cm³/mol. The van der Waals surface area contributed by atoms with Crippen molar-refractivity contribution in [2.75, 3.05) is 6.61 Å². The van der Waals surface area contributed by atoms with Gasteiger partial charge in [0.15, 0.2) is 0 Å². The van der Waals surface area contributed by atoms with Gasteiger partial charge < -0.3 is 19.4 Å². The Kier molecular flexibility index (Phi) is 8.36. The maximum atomic E-state index is 5.94. The lowest BCUT2D eigenvalue weighted by Gasteiger charge is -2.37. The second-order valence-corrected chi connectivity index (χ2v) is 9.30. The van der Waals surface area contributed by atoms with E-state index in [9.17, 15) is 0 Å². The molecule has 1 heterocycles. The molecule has 0 radical (unpaired) electrons. The van der Waals surface area contributed by atoms with Gasteiger partial charge >= 0.3 is 7.12 Å². The molecule has 0 spiro atoms. The van der Waals surface area contributed by atoms with Crippen LogP contribution >= 0.6 is 0 Å². The van der Waals surface area contributed by atoms with Crippen molar-refractivity contribution in [1.29, 1.82) is 0 Å². The van der Waals surface area contributed by atoms with Gasteiger partial charge in [0, 0.05) is 17.2 Å². The third-order valence-electron chi connectivity index (χ3n) is 5.39. The van der Waals surface area contributed by atoms with Gasteiger partial charge in [-0.05, 0) is 71.7 Å². The van der Waals surface area contributed by atoms with Gasteiger partial charge in [-0.1, -0.05) is 41.4 Å². The van der Waals surface area contributed by atoms with Crippen molar-refractivity contribution < 1.29 is 19.4 Å². The average molecular weight is 422 g/mol. The summed E-state index contributed by atoms with van der Waals surface area (Å²) < 4.78 is 17.6. The van der Waals surface area contributed by atoms with E-state index in [2.05, 4.69) is 88.5 Å². The smallest absolute Gasteiger partial charge is 0.486 e. The first-order valence-corrected chi connectivity index (χ1v) is 11.4. The van der Waals surface area contributed by atoms with Crippen LogP contribution in [0.5, 0.6) is 5.75 Å². The molecule has 1 aliphatic rings. The summed E-state index contributed by atoms with van der Waals surface area (Å²) in [5.74, 6) is 2.90. The Morgan fingerprint density at radius 3 is 2.42 bits per heavy atom. The highest BCUT2D eigenvalue weighted by Gasteiger charge is 2.35. The number of quaternary nitrogens is 1. The van der Waals surface area contributed by atoms with E-state index >= 15 is 0 Å². The average Bonchev–Trinajstić information content (AvgIpc) is 2.66. The van der Waals surface area contributed by atoms with Crippen molar-refractivity contribution in [3.8, 4) is 5.75 Å². The lowest BCUT2D eigenvalue weighted by molar-refractivity contribution is -0.686. The Bertz CT molecular complexity index is 843. The van der Waals surface area contributed by atoms with E-state index in [-0.39, 0.29) is 18.8 Å². The number of ether oxygens (including phenoxy) is 1. The molecule has 2 N–H and O–H groups in total. The van der Waals surface area contributed by atoms with Gasteiger partial charge in [-0.15, -0.1) is 0 Å². The summed E-state index contributed by atoms with van der Waals surface area (Å²) in [4.78, 5) is 0. The number of aryl methyl sites for hydroxylation is 2. The Balaban J connectivity index is 1.35. The van der Waals surface area contributed by atoms with Crippen LogP contribution in [-0.4, -0.2) is 25.4 Å². The van der Waals surface area contributed by atoms with Crippen LogP contribution in [0.1, 0.15) is 55.9 Å². The first-order chi connectivity index (χ1) is 14.8. The molecule has 166 valence electrons. The lowest BCUT2D eigenvalue weighted by Crippen LogP contribution is -2.80. The molecular weight excluding hydrogens is 385 g/mol. The maximum absolute atomic E-state index is 5.94. The molecule has 0 amide bonds. The van der Waals surface area contributed by atoms with Crippen LogP contribution in [-0.2, 0) is 22.4 Å². The molecule has 0 aromatic heterocycles. The van der Waals surface area contributed by atoms with Gasteiger partial charge in [-0.3, -0.25) is 0 Å². The van der Waals surface area contributed by atoms with Crippen LogP contribution in [0.25, 0.3) is 0 Å². The molecule has 1 fully saturated rings. The molecule has 0 saturated carbocycles. The second-order valence-electron chi connectivity index (χ2n) is 9.30. The summed E-state index contributed by atoms with van der Waals surface area (Å²) in [6.07, 6.45) is 4.03. The molecular formula is C26H37BNO3+. The van der Waals surface area contributed by atoms with Gasteiger partial charge in [0.05, 0.1) is 12.2 Å². The monoisotopic (exact) mass is 422 g/mol. The minimum Gasteiger partial charge on any atom is -0.493 e. The molecule has 1 saturated heterocycles. The van der Waals surface area contributed by atoms with Gasteiger partial charge in [0.1, 0.15) is 18.8 Å². The first kappa shape index (κ1) is 23.6. The van der Waals surface area contributed by atoms with Gasteiger partial charge in [0.25, 0.3) is 0 Å². The molecule has 3 rings (SSSR count). The van der Waals surface area contributed by atoms with E-state index in [1.165, 1.54) is 22.3 Å². The molecule has 2 aromatic rings. The van der Waals surface area contributed by atoms with E-state index in [0.717, 1.165) is 31.7 Å². The van der Waals surface area contributed by atoms with Crippen LogP contribution in [0.4, 0.5) is 0 Å². The molecule has 4 nitrogen and oxygen atoms in total. The van der Waals surface area contributed by atoms with Crippen molar-refractivity contribution in [3.63, 3.8) is 0 Å². The number of benzene rings is 2. The highest BCUT2D eigenvalue weighted by Crippen LogP contribution is 2.26. The third kappa shape index (κ3) is 8.17. The number of hydrogen-bond donors (Lipinski definition) is 1. The fraction of sp³-hybridized carbons (Fsp3) is 0.462. The van der Waals surface area contributed by atoms with Crippen molar-refractivity contribution in [2.24, 2.45) is 0 Å². The highest BCUT2D eigenvalue weighted by molar-refractivity contribution is 6.51. The molecule has 0 aliphatic carbocycles. The zero-order chi connectivity index (χ0) is 22.3. The van der Waals surface area contributed by atoms with E-state index in [0.29, 0.717) is 6.61 Å². The summed E-state index contributed by atoms with van der Waals surface area (Å²) in [7, 11) is -0.266. The first-order valence-electron chi connectivity index (χ1n) is 11.4. The van der Waals surface area contributed by atoms with Crippen molar-refractivity contribution >= 4 is 7.12 Å². The quantitative estimate of drug-likeness (QED) is 0.477. The molecule has 2 aromatic carbocycles. The predicted octanol–water partition coefficient (Wildman–Crippen LogP) is 4.52. The summed E-state index contributed by atoms with van der Waals surface area (Å²) >= 11 is 0. The van der Waals surface area contributed by atoms with E-state index in [1.54, 1.807) is 0 Å². The van der Waals surface area contributed by atoms with E-state index in [1.807, 2.05) is 5.98 Å². The zero-order valence-corrected chi connectivity index (χ0v) is 19.7. The van der Waals surface area contributed by atoms with Crippen molar-refractivity contribution in [1.82, 2.24) is 0 Å². The highest BCUT2D eigenvalue weighted by atomic mass is 16.6. The van der Waals surface area contributed by atoms with Crippen molar-refractivity contribution in [2.45, 2.75) is 72.3 Å². The standard InChI is InChI=1S/C26H36BNO3/c1-20-14-21(2)16-24(15-20)19-28-18-23-8-10-25(11-9-23)29-13-7-6-12-27-30-22(3)17-26(4,5)31-27/h6,8-12,14-16,22,28H,7,13,17-19H2,1-5H3/p+1/b12-6+. The topological polar surface area (TPSA) is 44.3 Å². The number of hydrogen-bond acceptors (Lipinski definition) is 3. The maximum Gasteiger partial charge on any atom is 0.486 e. The molecule has 5 heteroatoms. The Morgan fingerprint density at radius 2 is 1.74 bits per heavy atom. The van der Waals surface area contributed by atoms with Crippen LogP contribution in [0, 0.1) is 13.8 Å². The fourth-order valence-corrected chi connectivity index (χ4v) is 4.21. The Morgan fingerprint density at radius 1 is 1.06 bits per heavy atom. The Labute approximate surface area is 188 Å². The largest absolute Gasteiger partial charge is 0.493 e. The van der Waals surface area contributed by atoms with Gasteiger partial charge in [-0.2, -0.15) is 0 Å². The van der Waals surface area contributed by atoms with E-state index < -0.39 is 0 Å². The van der Waals surface area contributed by atoms with Crippen LogP contribution in [0.15, 0.2) is 54.5 Å². The van der Waals surface area contributed by atoms with Crippen LogP contribution in [0.3, 0.4) is 0 Å². The number of rotatable bonds is 9. The second kappa shape index (κ2) is 11.0. The zero-order valence-electron chi connectivity index (χ0n) is 19.7. The molecule has 1 atom stereocenters. The van der Waals surface area contributed by atoms with Crippen molar-refractivity contribution in [3.05, 3.63) is 76.8 Å². The molecule has 31 heavy (non-hydrogen) atoms. The van der Waals surface area contributed by atoms with Gasteiger partial charge in [-0.25, -0.2) is 0 Å². The normalized spacial score (nSPS) is 18.5. The molecule has 1 aliphatic heterocycles. The van der Waals surface area contributed by atoms with Crippen LogP contribution < -0.4 is 10.1 Å². The summed E-state index contributed by atoms with van der Waals surface area (Å²) in [6, 6.07) is 15.2.